The second-order valence-corrected chi connectivity index (χ2v) is 6.62. The van der Waals surface area contributed by atoms with Crippen molar-refractivity contribution in [3.8, 4) is 5.75 Å². The molecule has 1 amide bonds. The Hall–Kier alpha value is -0.446. The van der Waals surface area contributed by atoms with Crippen LogP contribution in [0.15, 0.2) is 12.1 Å². The summed E-state index contributed by atoms with van der Waals surface area (Å²) < 4.78 is 6.01. The molecule has 1 aliphatic carbocycles. The van der Waals surface area contributed by atoms with Crippen molar-refractivity contribution in [3.63, 3.8) is 0 Å². The Kier molecular flexibility index (Phi) is 6.22. The molecule has 0 aliphatic heterocycles. The van der Waals surface area contributed by atoms with Crippen LogP contribution in [0.5, 0.6) is 5.75 Å². The molecule has 1 saturated carbocycles. The molecule has 0 unspecified atom stereocenters. The van der Waals surface area contributed by atoms with Gasteiger partial charge in [0.1, 0.15) is 5.75 Å². The summed E-state index contributed by atoms with van der Waals surface area (Å²) in [5.41, 5.74) is 2.74. The average Bonchev–Trinajstić information content (AvgIpc) is 3.24. The summed E-state index contributed by atoms with van der Waals surface area (Å²) in [4.78, 5) is 12.8. The van der Waals surface area contributed by atoms with Crippen molar-refractivity contribution in [2.75, 3.05) is 33.1 Å². The molecule has 5 heteroatoms. The molecule has 22 heavy (non-hydrogen) atoms. The molecule has 2 rings (SSSR count). The first kappa shape index (κ1) is 19.6. The summed E-state index contributed by atoms with van der Waals surface area (Å²) in [5, 5.41) is 3.16. The average molecular weight is 380 g/mol. The van der Waals surface area contributed by atoms with E-state index in [1.807, 2.05) is 26.0 Å². The number of hydrogen-bond acceptors (Lipinski definition) is 2. The number of anilines is 1. The van der Waals surface area contributed by atoms with Crippen molar-refractivity contribution in [1.82, 2.24) is 0 Å². The van der Waals surface area contributed by atoms with Crippen molar-refractivity contribution in [3.05, 3.63) is 23.3 Å². The van der Waals surface area contributed by atoms with Gasteiger partial charge in [-0.2, -0.15) is 0 Å². The summed E-state index contributed by atoms with van der Waals surface area (Å²) in [5.74, 6) is 0.972. The molecule has 1 aromatic rings. The fourth-order valence-electron chi connectivity index (χ4n) is 3.00. The van der Waals surface area contributed by atoms with Crippen molar-refractivity contribution in [2.24, 2.45) is 0 Å². The molecular weight excluding hydrogens is 353 g/mol. The molecule has 1 aromatic carbocycles. The van der Waals surface area contributed by atoms with Crippen LogP contribution in [-0.4, -0.2) is 43.7 Å². The molecule has 1 radical (unpaired) electrons. The van der Waals surface area contributed by atoms with Crippen LogP contribution in [-0.2, 0) is 37.5 Å². The first-order chi connectivity index (χ1) is 9.77. The molecule has 119 valence electrons. The molecule has 0 heterocycles. The van der Waals surface area contributed by atoms with Gasteiger partial charge in [-0.25, -0.2) is 0 Å². The third kappa shape index (κ3) is 3.39. The summed E-state index contributed by atoms with van der Waals surface area (Å²) in [6.07, 6.45) is 1.93. The van der Waals surface area contributed by atoms with Crippen molar-refractivity contribution < 1.29 is 46.7 Å². The zero-order chi connectivity index (χ0) is 15.8. The van der Waals surface area contributed by atoms with E-state index in [0.717, 1.165) is 46.4 Å². The van der Waals surface area contributed by atoms with Crippen LogP contribution in [0.4, 0.5) is 5.69 Å². The number of quaternary nitrogens is 1. The van der Waals surface area contributed by atoms with E-state index < -0.39 is 0 Å². The Bertz CT molecular complexity index is 543. The van der Waals surface area contributed by atoms with E-state index >= 15 is 0 Å². The number of aryl methyl sites for hydroxylation is 2. The van der Waals surface area contributed by atoms with Gasteiger partial charge in [-0.15, -0.1) is 0 Å². The van der Waals surface area contributed by atoms with E-state index in [-0.39, 0.29) is 44.2 Å². The standard InChI is InChI=1S/C17H26N2O2.Y/c1-7-19(4,5)17(8-9-17)16(20)18-15-12(2)10-14(21-6)11-13(15)3;/h10-11H,7-9H2,1-6H3;/p+1. The minimum atomic E-state index is -0.256. The normalized spacial score (nSPS) is 15.7. The van der Waals surface area contributed by atoms with E-state index in [4.69, 9.17) is 4.74 Å². The first-order valence-electron chi connectivity index (χ1n) is 7.57. The zero-order valence-corrected chi connectivity index (χ0v) is 17.5. The molecular formula is C17H27N2O2Y+. The van der Waals surface area contributed by atoms with E-state index in [9.17, 15) is 4.79 Å². The summed E-state index contributed by atoms with van der Waals surface area (Å²) >= 11 is 0. The number of ether oxygens (including phenoxy) is 1. The molecule has 4 nitrogen and oxygen atoms in total. The van der Waals surface area contributed by atoms with Crippen LogP contribution in [0.2, 0.25) is 0 Å². The van der Waals surface area contributed by atoms with Gasteiger partial charge in [0.25, 0.3) is 5.91 Å². The van der Waals surface area contributed by atoms with E-state index in [1.165, 1.54) is 0 Å². The number of benzene rings is 1. The van der Waals surface area contributed by atoms with E-state index in [1.54, 1.807) is 7.11 Å². The monoisotopic (exact) mass is 380 g/mol. The molecule has 0 aromatic heterocycles. The maximum atomic E-state index is 12.8. The third-order valence-electron chi connectivity index (χ3n) is 5.08. The minimum absolute atomic E-state index is 0. The molecule has 0 atom stereocenters. The van der Waals surface area contributed by atoms with Gasteiger partial charge in [-0.05, 0) is 44.0 Å². The van der Waals surface area contributed by atoms with Gasteiger partial charge >= 0.3 is 0 Å². The summed E-state index contributed by atoms with van der Waals surface area (Å²) in [7, 11) is 5.94. The van der Waals surface area contributed by atoms with Crippen LogP contribution in [0.25, 0.3) is 0 Å². The number of likely N-dealkylation sites (N-methyl/N-ethyl adjacent to an activating group) is 1. The third-order valence-corrected chi connectivity index (χ3v) is 5.08. The quantitative estimate of drug-likeness (QED) is 0.798. The number of amides is 1. The predicted octanol–water partition coefficient (Wildman–Crippen LogP) is 2.88. The van der Waals surface area contributed by atoms with E-state index in [0.29, 0.717) is 0 Å². The largest absolute Gasteiger partial charge is 0.497 e. The van der Waals surface area contributed by atoms with Crippen LogP contribution in [0.1, 0.15) is 30.9 Å². The minimum Gasteiger partial charge on any atom is -0.497 e. The zero-order valence-electron chi connectivity index (χ0n) is 14.6. The molecule has 1 N–H and O–H groups in total. The number of nitrogens with zero attached hydrogens (tertiary/aromatic N) is 1. The maximum Gasteiger partial charge on any atom is 0.285 e. The van der Waals surface area contributed by atoms with Crippen LogP contribution in [0, 0.1) is 13.8 Å². The fourth-order valence-corrected chi connectivity index (χ4v) is 3.00. The molecule has 1 aliphatic rings. The van der Waals surface area contributed by atoms with Gasteiger partial charge in [0.2, 0.25) is 0 Å². The van der Waals surface area contributed by atoms with Crippen LogP contribution < -0.4 is 10.1 Å². The fraction of sp³-hybridized carbons (Fsp3) is 0.588. The number of rotatable bonds is 5. The van der Waals surface area contributed by atoms with Crippen LogP contribution >= 0.6 is 0 Å². The Morgan fingerprint density at radius 3 is 2.14 bits per heavy atom. The predicted molar refractivity (Wildman–Crippen MR) is 85.7 cm³/mol. The second-order valence-electron chi connectivity index (χ2n) is 6.62. The van der Waals surface area contributed by atoms with E-state index in [2.05, 4.69) is 26.3 Å². The number of methoxy groups -OCH3 is 1. The van der Waals surface area contributed by atoms with Crippen molar-refractivity contribution in [2.45, 2.75) is 39.2 Å². The second kappa shape index (κ2) is 6.98. The van der Waals surface area contributed by atoms with Gasteiger partial charge in [0.15, 0.2) is 5.54 Å². The first-order valence-corrected chi connectivity index (χ1v) is 7.57. The van der Waals surface area contributed by atoms with Gasteiger partial charge in [-0.1, -0.05) is 0 Å². The number of carbonyl (C=O) groups is 1. The number of nitrogens with one attached hydrogen (secondary N) is 1. The smallest absolute Gasteiger partial charge is 0.285 e. The van der Waals surface area contributed by atoms with Gasteiger partial charge in [0, 0.05) is 51.2 Å². The van der Waals surface area contributed by atoms with Gasteiger partial charge < -0.3 is 14.5 Å². The van der Waals surface area contributed by atoms with Gasteiger partial charge in [0.05, 0.1) is 27.7 Å². The molecule has 0 saturated heterocycles. The number of carbonyl (C=O) groups excluding carboxylic acids is 1. The Morgan fingerprint density at radius 1 is 1.27 bits per heavy atom. The summed E-state index contributed by atoms with van der Waals surface area (Å²) in [6, 6.07) is 3.92. The molecule has 0 bridgehead atoms. The Morgan fingerprint density at radius 2 is 1.77 bits per heavy atom. The van der Waals surface area contributed by atoms with Crippen molar-refractivity contribution >= 4 is 11.6 Å². The topological polar surface area (TPSA) is 38.3 Å². The maximum absolute atomic E-state index is 12.8. The van der Waals surface area contributed by atoms with Crippen LogP contribution in [0.3, 0.4) is 0 Å². The Balaban J connectivity index is 0.00000242. The summed E-state index contributed by atoms with van der Waals surface area (Å²) in [6.45, 7) is 7.10. The van der Waals surface area contributed by atoms with Gasteiger partial charge in [-0.3, -0.25) is 4.79 Å². The Labute approximate surface area is 159 Å². The SMILES string of the molecule is CC[N+](C)(C)C1(C(=O)Nc2c(C)cc(OC)cc2C)CC1.[Y]. The number of hydrogen-bond donors (Lipinski definition) is 1. The molecule has 0 spiro atoms. The molecule has 1 fully saturated rings. The van der Waals surface area contributed by atoms with Crippen molar-refractivity contribution in [1.29, 1.82) is 0 Å².